The lowest BCUT2D eigenvalue weighted by Crippen LogP contribution is -2.09. The molecule has 1 aromatic carbocycles. The topological polar surface area (TPSA) is 141 Å². The van der Waals surface area contributed by atoms with Gasteiger partial charge in [0, 0.05) is 6.54 Å². The number of hydrogen-bond donors (Lipinski definition) is 3. The highest BCUT2D eigenvalue weighted by Gasteiger charge is 2.14. The van der Waals surface area contributed by atoms with Gasteiger partial charge in [0.05, 0.1) is 34.2 Å². The second-order valence-corrected chi connectivity index (χ2v) is 5.35. The number of aromatic nitrogens is 4. The summed E-state index contributed by atoms with van der Waals surface area (Å²) in [5.74, 6) is 0.636. The van der Waals surface area contributed by atoms with Crippen LogP contribution in [0.3, 0.4) is 0 Å². The number of nitrogen functional groups attached to an aromatic ring is 1. The van der Waals surface area contributed by atoms with Gasteiger partial charge in [-0.2, -0.15) is 20.0 Å². The van der Waals surface area contributed by atoms with Gasteiger partial charge in [0.25, 0.3) is 0 Å². The molecule has 0 amide bonds. The first-order valence-corrected chi connectivity index (χ1v) is 7.61. The third kappa shape index (κ3) is 2.96. The number of nitrogens with one attached hydrogen (secondary N) is 2. The quantitative estimate of drug-likeness (QED) is 0.606. The van der Waals surface area contributed by atoms with Crippen molar-refractivity contribution in [2.24, 2.45) is 0 Å². The predicted octanol–water partition coefficient (Wildman–Crippen LogP) is 2.28. The number of benzene rings is 1. The number of imidazole rings is 1. The molecule has 0 spiro atoms. The molecule has 10 heteroatoms. The van der Waals surface area contributed by atoms with Gasteiger partial charge in [-0.3, -0.25) is 0 Å². The van der Waals surface area contributed by atoms with Gasteiger partial charge in [-0.1, -0.05) is 11.6 Å². The van der Waals surface area contributed by atoms with Crippen molar-refractivity contribution < 1.29 is 0 Å². The summed E-state index contributed by atoms with van der Waals surface area (Å²) in [5.41, 5.74) is 7.50. The van der Waals surface area contributed by atoms with Crippen molar-refractivity contribution in [3.8, 4) is 12.1 Å². The summed E-state index contributed by atoms with van der Waals surface area (Å²) in [5, 5.41) is 28.8. The number of hydrogen-bond acceptors (Lipinski definition) is 8. The highest BCUT2D eigenvalue weighted by atomic mass is 35.5. The minimum absolute atomic E-state index is 0.175. The highest BCUT2D eigenvalue weighted by molar-refractivity contribution is 6.35. The van der Waals surface area contributed by atoms with Crippen LogP contribution in [0.4, 0.5) is 23.1 Å². The molecule has 0 bridgehead atoms. The third-order valence-electron chi connectivity index (χ3n) is 3.30. The third-order valence-corrected chi connectivity index (χ3v) is 3.72. The lowest BCUT2D eigenvalue weighted by molar-refractivity contribution is 0.893. The van der Waals surface area contributed by atoms with Crippen LogP contribution < -0.4 is 16.4 Å². The maximum atomic E-state index is 9.19. The van der Waals surface area contributed by atoms with Crippen LogP contribution in [0.5, 0.6) is 0 Å². The Balaban J connectivity index is 2.12. The van der Waals surface area contributed by atoms with E-state index in [4.69, 9.17) is 22.6 Å². The van der Waals surface area contributed by atoms with Gasteiger partial charge in [0.15, 0.2) is 17.2 Å². The van der Waals surface area contributed by atoms with Crippen molar-refractivity contribution in [3.63, 3.8) is 0 Å². The lowest BCUT2D eigenvalue weighted by atomic mass is 10.2. The zero-order valence-corrected chi connectivity index (χ0v) is 13.8. The minimum Gasteiger partial charge on any atom is -0.397 e. The van der Waals surface area contributed by atoms with E-state index in [1.54, 1.807) is 0 Å². The van der Waals surface area contributed by atoms with E-state index in [1.807, 2.05) is 19.1 Å². The molecule has 0 aliphatic rings. The second-order valence-electron chi connectivity index (χ2n) is 4.97. The Morgan fingerprint density at radius 3 is 2.80 bits per heavy atom. The van der Waals surface area contributed by atoms with Gasteiger partial charge >= 0.3 is 0 Å². The summed E-state index contributed by atoms with van der Waals surface area (Å²) in [6.45, 7) is 2.52. The van der Waals surface area contributed by atoms with Crippen molar-refractivity contribution in [1.29, 1.82) is 10.5 Å². The zero-order valence-electron chi connectivity index (χ0n) is 13.1. The predicted molar refractivity (Wildman–Crippen MR) is 93.5 cm³/mol. The summed E-state index contributed by atoms with van der Waals surface area (Å²) >= 11 is 6.19. The molecule has 3 rings (SSSR count). The van der Waals surface area contributed by atoms with Crippen LogP contribution in [-0.4, -0.2) is 26.1 Å². The molecule has 0 fully saturated rings. The standard InChI is InChI=1S/C15H12ClN9/c1-2-20-13-14-21-7-9(6-18)25(14)24-15(23-13)22-11-4-8(5-17)3-10(19)12(11)16/h3-4,7H,2,19H2,1H3,(H2,20,22,23,24). The van der Waals surface area contributed by atoms with Gasteiger partial charge < -0.3 is 16.4 Å². The van der Waals surface area contributed by atoms with Gasteiger partial charge in [-0.05, 0) is 19.1 Å². The Bertz CT molecular complexity index is 1040. The summed E-state index contributed by atoms with van der Waals surface area (Å²) in [6, 6.07) is 7.04. The number of nitriles is 2. The first kappa shape index (κ1) is 16.3. The molecular weight excluding hydrogens is 342 g/mol. The zero-order chi connectivity index (χ0) is 18.0. The molecule has 2 aromatic heterocycles. The minimum atomic E-state index is 0.175. The number of anilines is 4. The molecule has 0 aliphatic heterocycles. The molecule has 124 valence electrons. The second kappa shape index (κ2) is 6.51. The summed E-state index contributed by atoms with van der Waals surface area (Å²) in [7, 11) is 0. The van der Waals surface area contributed by atoms with E-state index in [2.05, 4.69) is 25.7 Å². The Kier molecular flexibility index (Phi) is 4.25. The molecule has 0 unspecified atom stereocenters. The Morgan fingerprint density at radius 2 is 2.12 bits per heavy atom. The Labute approximate surface area is 147 Å². The van der Waals surface area contributed by atoms with Crippen molar-refractivity contribution >= 4 is 40.4 Å². The van der Waals surface area contributed by atoms with Crippen LogP contribution in [0.1, 0.15) is 18.2 Å². The number of rotatable bonds is 4. The van der Waals surface area contributed by atoms with E-state index in [9.17, 15) is 5.26 Å². The number of fused-ring (bicyclic) bond motifs is 1. The monoisotopic (exact) mass is 353 g/mol. The first-order valence-electron chi connectivity index (χ1n) is 7.23. The maximum absolute atomic E-state index is 9.19. The molecule has 25 heavy (non-hydrogen) atoms. The number of halogens is 1. The number of nitrogens with zero attached hydrogens (tertiary/aromatic N) is 6. The molecular formula is C15H12ClN9. The molecule has 0 saturated heterocycles. The average molecular weight is 354 g/mol. The van der Waals surface area contributed by atoms with Gasteiger partial charge in [0.2, 0.25) is 5.95 Å². The molecule has 0 radical (unpaired) electrons. The van der Waals surface area contributed by atoms with E-state index in [1.165, 1.54) is 22.8 Å². The summed E-state index contributed by atoms with van der Waals surface area (Å²) < 4.78 is 1.37. The average Bonchev–Trinajstić information content (AvgIpc) is 3.02. The molecule has 3 aromatic rings. The van der Waals surface area contributed by atoms with E-state index >= 15 is 0 Å². The molecule has 0 atom stereocenters. The fourth-order valence-electron chi connectivity index (χ4n) is 2.22. The molecule has 2 heterocycles. The Hall–Kier alpha value is -3.56. The van der Waals surface area contributed by atoms with Crippen LogP contribution in [0, 0.1) is 22.7 Å². The van der Waals surface area contributed by atoms with Crippen molar-refractivity contribution in [3.05, 3.63) is 34.6 Å². The van der Waals surface area contributed by atoms with Crippen LogP contribution in [0.2, 0.25) is 5.02 Å². The lowest BCUT2D eigenvalue weighted by Gasteiger charge is -2.11. The highest BCUT2D eigenvalue weighted by Crippen LogP contribution is 2.31. The Morgan fingerprint density at radius 1 is 1.32 bits per heavy atom. The van der Waals surface area contributed by atoms with E-state index in [-0.39, 0.29) is 22.4 Å². The fourth-order valence-corrected chi connectivity index (χ4v) is 2.38. The van der Waals surface area contributed by atoms with Gasteiger partial charge in [-0.15, -0.1) is 5.10 Å². The SMILES string of the molecule is CCNc1nc(Nc2cc(C#N)cc(N)c2Cl)nn2c(C#N)cnc12. The van der Waals surface area contributed by atoms with Crippen LogP contribution in [-0.2, 0) is 0 Å². The largest absolute Gasteiger partial charge is 0.397 e. The number of nitrogens with two attached hydrogens (primary N) is 1. The fraction of sp³-hybridized carbons (Fsp3) is 0.133. The smallest absolute Gasteiger partial charge is 0.247 e. The van der Waals surface area contributed by atoms with E-state index in [0.717, 1.165) is 0 Å². The molecule has 0 aliphatic carbocycles. The molecule has 9 nitrogen and oxygen atoms in total. The molecule has 0 saturated carbocycles. The van der Waals surface area contributed by atoms with Crippen LogP contribution in [0.15, 0.2) is 18.3 Å². The van der Waals surface area contributed by atoms with Crippen molar-refractivity contribution in [1.82, 2.24) is 19.6 Å². The van der Waals surface area contributed by atoms with E-state index in [0.29, 0.717) is 29.3 Å². The van der Waals surface area contributed by atoms with Gasteiger partial charge in [0.1, 0.15) is 6.07 Å². The normalized spacial score (nSPS) is 10.2. The summed E-state index contributed by atoms with van der Waals surface area (Å²) in [6.07, 6.45) is 1.41. The summed E-state index contributed by atoms with van der Waals surface area (Å²) in [4.78, 5) is 8.50. The van der Waals surface area contributed by atoms with Gasteiger partial charge in [-0.25, -0.2) is 4.98 Å². The molecule has 4 N–H and O–H groups in total. The van der Waals surface area contributed by atoms with Crippen molar-refractivity contribution in [2.75, 3.05) is 22.9 Å². The maximum Gasteiger partial charge on any atom is 0.247 e. The van der Waals surface area contributed by atoms with E-state index < -0.39 is 0 Å². The first-order chi connectivity index (χ1) is 12.1. The van der Waals surface area contributed by atoms with Crippen molar-refractivity contribution in [2.45, 2.75) is 6.92 Å². The van der Waals surface area contributed by atoms with Crippen LogP contribution in [0.25, 0.3) is 5.65 Å². The van der Waals surface area contributed by atoms with Crippen LogP contribution >= 0.6 is 11.6 Å².